The Morgan fingerprint density at radius 1 is 1.44 bits per heavy atom. The van der Waals surface area contributed by atoms with Crippen LogP contribution >= 0.6 is 27.7 Å². The number of ether oxygens (including phenoxy) is 1. The van der Waals surface area contributed by atoms with Crippen molar-refractivity contribution in [3.8, 4) is 0 Å². The smallest absolute Gasteiger partial charge is 0.130 e. The second-order valence-electron chi connectivity index (χ2n) is 3.39. The van der Waals surface area contributed by atoms with Crippen LogP contribution in [0.4, 0.5) is 0 Å². The van der Waals surface area contributed by atoms with Crippen molar-refractivity contribution in [2.45, 2.75) is 31.2 Å². The number of hydrogen-bond donors (Lipinski definition) is 0. The van der Waals surface area contributed by atoms with Crippen LogP contribution in [-0.2, 0) is 11.2 Å². The fraction of sp³-hybridized carbons (Fsp3) is 0.636. The first-order chi connectivity index (χ1) is 7.76. The molecule has 5 heteroatoms. The van der Waals surface area contributed by atoms with Gasteiger partial charge in [-0.25, -0.2) is 9.97 Å². The van der Waals surface area contributed by atoms with E-state index in [1.54, 1.807) is 18.9 Å². The highest BCUT2D eigenvalue weighted by Crippen LogP contribution is 2.20. The van der Waals surface area contributed by atoms with Crippen LogP contribution in [0.5, 0.6) is 0 Å². The van der Waals surface area contributed by atoms with Gasteiger partial charge in [0.15, 0.2) is 0 Å². The number of hydrogen-bond acceptors (Lipinski definition) is 4. The van der Waals surface area contributed by atoms with Crippen LogP contribution in [-0.4, -0.2) is 29.4 Å². The Morgan fingerprint density at radius 2 is 2.25 bits per heavy atom. The number of nitrogens with zero attached hydrogens (tertiary/aromatic N) is 2. The number of thioether (sulfide) groups is 1. The van der Waals surface area contributed by atoms with Crippen LogP contribution in [0.25, 0.3) is 0 Å². The van der Waals surface area contributed by atoms with Crippen LogP contribution in [0.15, 0.2) is 15.7 Å². The van der Waals surface area contributed by atoms with E-state index in [-0.39, 0.29) is 0 Å². The molecule has 0 N–H and O–H groups in total. The maximum atomic E-state index is 5.01. The van der Waals surface area contributed by atoms with Crippen molar-refractivity contribution in [2.24, 2.45) is 0 Å². The normalized spacial score (nSPS) is 10.7. The molecular weight excluding hydrogens is 288 g/mol. The molecule has 0 aliphatic heterocycles. The minimum atomic E-state index is 0.807. The van der Waals surface area contributed by atoms with Gasteiger partial charge in [0.05, 0.1) is 0 Å². The van der Waals surface area contributed by atoms with Gasteiger partial charge in [0.1, 0.15) is 15.5 Å². The lowest BCUT2D eigenvalue weighted by Gasteiger charge is -2.04. The van der Waals surface area contributed by atoms with Crippen LogP contribution in [0.1, 0.15) is 25.6 Å². The predicted molar refractivity (Wildman–Crippen MR) is 70.9 cm³/mol. The summed E-state index contributed by atoms with van der Waals surface area (Å²) in [6, 6.07) is 1.97. The van der Waals surface area contributed by atoms with Gasteiger partial charge in [0.25, 0.3) is 0 Å². The molecule has 0 spiro atoms. The molecule has 1 rings (SSSR count). The number of aromatic nitrogens is 2. The van der Waals surface area contributed by atoms with Crippen LogP contribution in [0, 0.1) is 0 Å². The Labute approximate surface area is 110 Å². The van der Waals surface area contributed by atoms with Gasteiger partial charge in [-0.15, -0.1) is 11.8 Å². The van der Waals surface area contributed by atoms with Crippen LogP contribution in [0.3, 0.4) is 0 Å². The molecule has 0 atom stereocenters. The molecule has 0 aliphatic carbocycles. The van der Waals surface area contributed by atoms with E-state index in [1.165, 1.54) is 0 Å². The van der Waals surface area contributed by atoms with Crippen molar-refractivity contribution >= 4 is 27.7 Å². The standard InChI is InChI=1S/C11H17BrN2OS/c1-3-5-10-13-9(12)8-11(14-10)16-7-4-6-15-2/h8H,3-7H2,1-2H3. The van der Waals surface area contributed by atoms with Crippen molar-refractivity contribution in [1.29, 1.82) is 0 Å². The third kappa shape index (κ3) is 5.27. The first-order valence-electron chi connectivity index (χ1n) is 5.41. The summed E-state index contributed by atoms with van der Waals surface area (Å²) in [6.45, 7) is 2.94. The summed E-state index contributed by atoms with van der Waals surface area (Å²) < 4.78 is 5.89. The van der Waals surface area contributed by atoms with Crippen molar-refractivity contribution in [2.75, 3.05) is 19.5 Å². The van der Waals surface area contributed by atoms with Gasteiger partial charge in [-0.3, -0.25) is 0 Å². The zero-order valence-electron chi connectivity index (χ0n) is 9.70. The van der Waals surface area contributed by atoms with Gasteiger partial charge in [-0.05, 0) is 28.8 Å². The summed E-state index contributed by atoms with van der Waals surface area (Å²) in [5.41, 5.74) is 0. The summed E-state index contributed by atoms with van der Waals surface area (Å²) in [6.07, 6.45) is 3.06. The Bertz CT molecular complexity index is 323. The van der Waals surface area contributed by atoms with E-state index in [9.17, 15) is 0 Å². The number of aryl methyl sites for hydroxylation is 1. The largest absolute Gasteiger partial charge is 0.385 e. The zero-order chi connectivity index (χ0) is 11.8. The summed E-state index contributed by atoms with van der Waals surface area (Å²) in [5, 5.41) is 1.04. The Morgan fingerprint density at radius 3 is 2.94 bits per heavy atom. The molecule has 0 fully saturated rings. The molecule has 90 valence electrons. The summed E-state index contributed by atoms with van der Waals surface area (Å²) in [4.78, 5) is 8.84. The topological polar surface area (TPSA) is 35.0 Å². The Balaban J connectivity index is 2.51. The maximum absolute atomic E-state index is 5.01. The highest BCUT2D eigenvalue weighted by Gasteiger charge is 2.03. The van der Waals surface area contributed by atoms with Gasteiger partial charge in [-0.1, -0.05) is 6.92 Å². The molecule has 1 heterocycles. The lowest BCUT2D eigenvalue weighted by Crippen LogP contribution is -1.97. The van der Waals surface area contributed by atoms with E-state index in [1.807, 2.05) is 6.07 Å². The highest BCUT2D eigenvalue weighted by molar-refractivity contribution is 9.10. The third-order valence-corrected chi connectivity index (χ3v) is 3.34. The lowest BCUT2D eigenvalue weighted by atomic mass is 10.3. The fourth-order valence-electron chi connectivity index (χ4n) is 1.23. The second kappa shape index (κ2) is 8.03. The van der Waals surface area contributed by atoms with E-state index in [0.717, 1.165) is 47.1 Å². The minimum absolute atomic E-state index is 0.807. The van der Waals surface area contributed by atoms with E-state index < -0.39 is 0 Å². The molecule has 3 nitrogen and oxygen atoms in total. The SMILES string of the molecule is CCCc1nc(Br)cc(SCCCOC)n1. The van der Waals surface area contributed by atoms with E-state index >= 15 is 0 Å². The molecule has 0 saturated carbocycles. The third-order valence-electron chi connectivity index (χ3n) is 1.93. The van der Waals surface area contributed by atoms with Crippen molar-refractivity contribution in [1.82, 2.24) is 9.97 Å². The van der Waals surface area contributed by atoms with Crippen molar-refractivity contribution in [3.63, 3.8) is 0 Å². The summed E-state index contributed by atoms with van der Waals surface area (Å²) in [7, 11) is 1.73. The highest BCUT2D eigenvalue weighted by atomic mass is 79.9. The second-order valence-corrected chi connectivity index (χ2v) is 5.32. The summed E-state index contributed by atoms with van der Waals surface area (Å²) in [5.74, 6) is 1.95. The monoisotopic (exact) mass is 304 g/mol. The lowest BCUT2D eigenvalue weighted by molar-refractivity contribution is 0.200. The molecule has 0 radical (unpaired) electrons. The Kier molecular flexibility index (Phi) is 7.00. The first-order valence-corrected chi connectivity index (χ1v) is 7.19. The fourth-order valence-corrected chi connectivity index (χ4v) is 2.64. The maximum Gasteiger partial charge on any atom is 0.130 e. The van der Waals surface area contributed by atoms with Gasteiger partial charge in [-0.2, -0.15) is 0 Å². The van der Waals surface area contributed by atoms with E-state index in [2.05, 4.69) is 32.8 Å². The van der Waals surface area contributed by atoms with Crippen LogP contribution in [0.2, 0.25) is 0 Å². The molecule has 1 aromatic rings. The molecule has 0 bridgehead atoms. The Hall–Kier alpha value is -0.130. The quantitative estimate of drug-likeness (QED) is 0.440. The van der Waals surface area contributed by atoms with Gasteiger partial charge < -0.3 is 4.74 Å². The van der Waals surface area contributed by atoms with Crippen molar-refractivity contribution < 1.29 is 4.74 Å². The molecule has 0 aliphatic rings. The molecule has 16 heavy (non-hydrogen) atoms. The molecule has 0 unspecified atom stereocenters. The van der Waals surface area contributed by atoms with Crippen LogP contribution < -0.4 is 0 Å². The molecule has 1 aromatic heterocycles. The number of rotatable bonds is 7. The number of methoxy groups -OCH3 is 1. The summed E-state index contributed by atoms with van der Waals surface area (Å²) >= 11 is 5.17. The van der Waals surface area contributed by atoms with Gasteiger partial charge in [0.2, 0.25) is 0 Å². The van der Waals surface area contributed by atoms with Gasteiger partial charge in [0, 0.05) is 32.0 Å². The molecule has 0 aromatic carbocycles. The average Bonchev–Trinajstić information content (AvgIpc) is 2.24. The first kappa shape index (κ1) is 13.9. The number of halogens is 1. The zero-order valence-corrected chi connectivity index (χ0v) is 12.1. The minimum Gasteiger partial charge on any atom is -0.385 e. The van der Waals surface area contributed by atoms with E-state index in [4.69, 9.17) is 4.74 Å². The molecular formula is C11H17BrN2OS. The molecule has 0 amide bonds. The van der Waals surface area contributed by atoms with E-state index in [0.29, 0.717) is 0 Å². The average molecular weight is 305 g/mol. The molecule has 0 saturated heterocycles. The van der Waals surface area contributed by atoms with Gasteiger partial charge >= 0.3 is 0 Å². The predicted octanol–water partition coefficient (Wildman–Crippen LogP) is 3.32. The van der Waals surface area contributed by atoms with Crippen molar-refractivity contribution in [3.05, 3.63) is 16.5 Å².